The fourth-order valence-corrected chi connectivity index (χ4v) is 3.06. The molecule has 0 saturated carbocycles. The van der Waals surface area contributed by atoms with E-state index in [-0.39, 0.29) is 6.54 Å². The van der Waals surface area contributed by atoms with Crippen molar-refractivity contribution in [2.24, 2.45) is 0 Å². The van der Waals surface area contributed by atoms with Crippen LogP contribution in [0.3, 0.4) is 0 Å². The lowest BCUT2D eigenvalue weighted by Gasteiger charge is -2.14. The Labute approximate surface area is 115 Å². The van der Waals surface area contributed by atoms with Crippen LogP contribution in [0, 0.1) is 11.6 Å². The molecule has 0 fully saturated rings. The molecule has 0 aliphatic rings. The second kappa shape index (κ2) is 5.68. The Morgan fingerprint density at radius 3 is 2.80 bits per heavy atom. The summed E-state index contributed by atoms with van der Waals surface area (Å²) in [5, 5.41) is 3.94. The van der Waals surface area contributed by atoms with Crippen molar-refractivity contribution in [1.82, 2.24) is 14.5 Å². The molecule has 1 aromatic heterocycles. The Balaban J connectivity index is 2.16. The van der Waals surface area contributed by atoms with E-state index in [2.05, 4.69) is 9.82 Å². The van der Waals surface area contributed by atoms with Gasteiger partial charge in [0.1, 0.15) is 16.5 Å². The Morgan fingerprint density at radius 1 is 1.40 bits per heavy atom. The van der Waals surface area contributed by atoms with Gasteiger partial charge >= 0.3 is 0 Å². The van der Waals surface area contributed by atoms with Crippen molar-refractivity contribution in [2.45, 2.75) is 24.4 Å². The van der Waals surface area contributed by atoms with E-state index >= 15 is 0 Å². The van der Waals surface area contributed by atoms with E-state index in [9.17, 15) is 17.2 Å². The number of aromatic nitrogens is 2. The molecule has 2 aromatic rings. The van der Waals surface area contributed by atoms with Gasteiger partial charge in [-0.1, -0.05) is 0 Å². The molecule has 1 atom stereocenters. The van der Waals surface area contributed by atoms with Gasteiger partial charge in [-0.15, -0.1) is 0 Å². The Bertz CT molecular complexity index is 687. The van der Waals surface area contributed by atoms with Gasteiger partial charge in [0.25, 0.3) is 0 Å². The Kier molecular flexibility index (Phi) is 4.15. The largest absolute Gasteiger partial charge is 0.271 e. The van der Waals surface area contributed by atoms with Crippen molar-refractivity contribution in [3.05, 3.63) is 48.3 Å². The smallest absolute Gasteiger partial charge is 0.243 e. The normalized spacial score (nSPS) is 13.3. The van der Waals surface area contributed by atoms with Crippen LogP contribution in [0.2, 0.25) is 0 Å². The molecule has 0 amide bonds. The van der Waals surface area contributed by atoms with Gasteiger partial charge in [-0.2, -0.15) is 5.10 Å². The number of hydrogen-bond acceptors (Lipinski definition) is 3. The van der Waals surface area contributed by atoms with Gasteiger partial charge in [-0.25, -0.2) is 21.9 Å². The maximum absolute atomic E-state index is 13.5. The van der Waals surface area contributed by atoms with Crippen molar-refractivity contribution in [2.75, 3.05) is 0 Å². The van der Waals surface area contributed by atoms with E-state index in [1.54, 1.807) is 25.4 Å². The molecule has 0 aliphatic carbocycles. The minimum atomic E-state index is -4.12. The zero-order valence-electron chi connectivity index (χ0n) is 10.6. The molecular formula is C12H13F2N3O2S. The van der Waals surface area contributed by atoms with E-state index in [1.807, 2.05) is 0 Å². The van der Waals surface area contributed by atoms with Gasteiger partial charge in [-0.05, 0) is 31.2 Å². The molecule has 0 radical (unpaired) electrons. The minimum absolute atomic E-state index is 0.281. The van der Waals surface area contributed by atoms with Crippen LogP contribution >= 0.6 is 0 Å². The van der Waals surface area contributed by atoms with Crippen LogP contribution in [0.15, 0.2) is 41.6 Å². The first kappa shape index (κ1) is 14.6. The van der Waals surface area contributed by atoms with Gasteiger partial charge < -0.3 is 0 Å². The lowest BCUT2D eigenvalue weighted by Crippen LogP contribution is -2.36. The first-order chi connectivity index (χ1) is 9.38. The van der Waals surface area contributed by atoms with E-state index in [0.29, 0.717) is 6.07 Å². The maximum atomic E-state index is 13.5. The van der Waals surface area contributed by atoms with Crippen LogP contribution in [0.25, 0.3) is 0 Å². The molecule has 2 rings (SSSR count). The summed E-state index contributed by atoms with van der Waals surface area (Å²) in [5.74, 6) is -1.81. The number of sulfonamides is 1. The molecule has 20 heavy (non-hydrogen) atoms. The Morgan fingerprint density at radius 2 is 2.15 bits per heavy atom. The van der Waals surface area contributed by atoms with Gasteiger partial charge in [0, 0.05) is 18.4 Å². The first-order valence-corrected chi connectivity index (χ1v) is 7.31. The zero-order valence-corrected chi connectivity index (χ0v) is 11.4. The molecule has 0 bridgehead atoms. The number of hydrogen-bond donors (Lipinski definition) is 1. The van der Waals surface area contributed by atoms with Gasteiger partial charge in [0.05, 0.1) is 6.54 Å². The average Bonchev–Trinajstić information content (AvgIpc) is 2.84. The number of nitrogens with one attached hydrogen (secondary N) is 1. The van der Waals surface area contributed by atoms with Gasteiger partial charge in [-0.3, -0.25) is 4.68 Å². The summed E-state index contributed by atoms with van der Waals surface area (Å²) in [7, 11) is -4.12. The fraction of sp³-hybridized carbons (Fsp3) is 0.250. The molecule has 0 saturated heterocycles. The van der Waals surface area contributed by atoms with Crippen LogP contribution in [0.1, 0.15) is 6.92 Å². The van der Waals surface area contributed by atoms with Crippen molar-refractivity contribution < 1.29 is 17.2 Å². The van der Waals surface area contributed by atoms with Gasteiger partial charge in [0.2, 0.25) is 10.0 Å². The molecule has 8 heteroatoms. The number of halogens is 2. The highest BCUT2D eigenvalue weighted by molar-refractivity contribution is 7.89. The number of rotatable bonds is 5. The summed E-state index contributed by atoms with van der Waals surface area (Å²) in [4.78, 5) is -0.704. The molecule has 1 aromatic carbocycles. The molecule has 1 N–H and O–H groups in total. The van der Waals surface area contributed by atoms with E-state index < -0.39 is 32.6 Å². The predicted molar refractivity (Wildman–Crippen MR) is 68.4 cm³/mol. The van der Waals surface area contributed by atoms with Crippen molar-refractivity contribution in [3.8, 4) is 0 Å². The third-order valence-corrected chi connectivity index (χ3v) is 4.16. The van der Waals surface area contributed by atoms with Crippen molar-refractivity contribution in [1.29, 1.82) is 0 Å². The topological polar surface area (TPSA) is 64.0 Å². The predicted octanol–water partition coefficient (Wildman–Crippen LogP) is 1.53. The second-order valence-corrected chi connectivity index (χ2v) is 6.01. The fourth-order valence-electron chi connectivity index (χ4n) is 1.74. The molecule has 108 valence electrons. The summed E-state index contributed by atoms with van der Waals surface area (Å²) >= 11 is 0. The van der Waals surface area contributed by atoms with E-state index in [0.717, 1.165) is 12.1 Å². The first-order valence-electron chi connectivity index (χ1n) is 5.83. The summed E-state index contributed by atoms with van der Waals surface area (Å²) in [6, 6.07) is 3.47. The van der Waals surface area contributed by atoms with Crippen LogP contribution in [-0.2, 0) is 16.6 Å². The lowest BCUT2D eigenvalue weighted by molar-refractivity contribution is 0.489. The average molecular weight is 301 g/mol. The van der Waals surface area contributed by atoms with Crippen LogP contribution in [0.4, 0.5) is 8.78 Å². The molecule has 1 heterocycles. The highest BCUT2D eigenvalue weighted by atomic mass is 32.2. The third kappa shape index (κ3) is 3.40. The zero-order chi connectivity index (χ0) is 14.8. The quantitative estimate of drug-likeness (QED) is 0.911. The summed E-state index contributed by atoms with van der Waals surface area (Å²) in [6.45, 7) is 1.89. The molecule has 5 nitrogen and oxygen atoms in total. The third-order valence-electron chi connectivity index (χ3n) is 2.56. The summed E-state index contributed by atoms with van der Waals surface area (Å²) in [5.41, 5.74) is 0. The maximum Gasteiger partial charge on any atom is 0.243 e. The summed E-state index contributed by atoms with van der Waals surface area (Å²) < 4.78 is 54.4. The Hall–Kier alpha value is -1.80. The molecule has 0 spiro atoms. The highest BCUT2D eigenvalue weighted by Crippen LogP contribution is 2.16. The highest BCUT2D eigenvalue weighted by Gasteiger charge is 2.22. The lowest BCUT2D eigenvalue weighted by atomic mass is 10.3. The minimum Gasteiger partial charge on any atom is -0.271 e. The summed E-state index contributed by atoms with van der Waals surface area (Å²) in [6.07, 6.45) is 3.24. The molecule has 0 unspecified atom stereocenters. The molecular weight excluding hydrogens is 288 g/mol. The molecule has 0 aliphatic heterocycles. The van der Waals surface area contributed by atoms with Crippen LogP contribution < -0.4 is 4.72 Å². The van der Waals surface area contributed by atoms with Crippen LogP contribution in [0.5, 0.6) is 0 Å². The SMILES string of the molecule is C[C@@H](Cn1cccn1)NS(=O)(=O)c1cc(F)ccc1F. The monoisotopic (exact) mass is 301 g/mol. The standard InChI is InChI=1S/C12H13F2N3O2S/c1-9(8-17-6-2-5-15-17)16-20(18,19)12-7-10(13)3-4-11(12)14/h2-7,9,16H,8H2,1H3/t9-/m0/s1. The number of benzene rings is 1. The van der Waals surface area contributed by atoms with Gasteiger partial charge in [0.15, 0.2) is 0 Å². The van der Waals surface area contributed by atoms with E-state index in [4.69, 9.17) is 0 Å². The van der Waals surface area contributed by atoms with Crippen molar-refractivity contribution >= 4 is 10.0 Å². The van der Waals surface area contributed by atoms with E-state index in [1.165, 1.54) is 4.68 Å². The van der Waals surface area contributed by atoms with Crippen molar-refractivity contribution in [3.63, 3.8) is 0 Å². The number of nitrogens with zero attached hydrogens (tertiary/aromatic N) is 2. The van der Waals surface area contributed by atoms with Crippen LogP contribution in [-0.4, -0.2) is 24.2 Å². The second-order valence-electron chi connectivity index (χ2n) is 4.33.